The third kappa shape index (κ3) is 3.05. The molecule has 0 bridgehead atoms. The molecule has 1 heterocycles. The molecule has 1 aromatic carbocycles. The molecule has 1 aliphatic rings. The van der Waals surface area contributed by atoms with Crippen LogP contribution in [0.4, 0.5) is 0 Å². The Labute approximate surface area is 122 Å². The Morgan fingerprint density at radius 1 is 1.50 bits per heavy atom. The van der Waals surface area contributed by atoms with Crippen LogP contribution in [0.3, 0.4) is 0 Å². The fraction of sp³-hybridized carbons (Fsp3) is 0.462. The molecule has 18 heavy (non-hydrogen) atoms. The Morgan fingerprint density at radius 3 is 2.78 bits per heavy atom. The van der Waals surface area contributed by atoms with E-state index in [4.69, 9.17) is 5.73 Å². The minimum absolute atomic E-state index is 0. The summed E-state index contributed by atoms with van der Waals surface area (Å²) >= 11 is 3.55. The Hall–Kier alpha value is -0.580. The van der Waals surface area contributed by atoms with Crippen LogP contribution in [-0.2, 0) is 4.79 Å². The molecule has 0 spiro atoms. The van der Waals surface area contributed by atoms with Gasteiger partial charge in [-0.05, 0) is 31.4 Å². The van der Waals surface area contributed by atoms with Gasteiger partial charge in [-0.15, -0.1) is 12.4 Å². The van der Waals surface area contributed by atoms with E-state index in [2.05, 4.69) is 22.0 Å². The fourth-order valence-corrected chi connectivity index (χ4v) is 2.91. The third-order valence-corrected chi connectivity index (χ3v) is 3.91. The molecule has 1 aliphatic heterocycles. The Kier molecular flexibility index (Phi) is 5.63. The number of hydrogen-bond acceptors (Lipinski definition) is 2. The summed E-state index contributed by atoms with van der Waals surface area (Å²) in [6.45, 7) is 2.56. The molecule has 2 N–H and O–H groups in total. The second-order valence-electron chi connectivity index (χ2n) is 4.50. The van der Waals surface area contributed by atoms with Crippen molar-refractivity contribution < 1.29 is 4.79 Å². The topological polar surface area (TPSA) is 46.3 Å². The van der Waals surface area contributed by atoms with E-state index in [-0.39, 0.29) is 24.4 Å². The minimum atomic E-state index is -0.418. The van der Waals surface area contributed by atoms with Gasteiger partial charge in [-0.2, -0.15) is 0 Å². The summed E-state index contributed by atoms with van der Waals surface area (Å²) in [5.74, 6) is 0.0447. The molecule has 1 unspecified atom stereocenters. The van der Waals surface area contributed by atoms with Crippen molar-refractivity contribution in [2.75, 3.05) is 6.54 Å². The van der Waals surface area contributed by atoms with Crippen molar-refractivity contribution in [1.29, 1.82) is 0 Å². The second kappa shape index (κ2) is 6.55. The van der Waals surface area contributed by atoms with Crippen LogP contribution in [0.5, 0.6) is 0 Å². The second-order valence-corrected chi connectivity index (χ2v) is 5.35. The number of benzene rings is 1. The molecular weight excluding hydrogens is 316 g/mol. The van der Waals surface area contributed by atoms with Gasteiger partial charge in [0.15, 0.2) is 0 Å². The first-order valence-electron chi connectivity index (χ1n) is 5.91. The molecule has 1 fully saturated rings. The van der Waals surface area contributed by atoms with E-state index in [0.717, 1.165) is 23.9 Å². The summed E-state index contributed by atoms with van der Waals surface area (Å²) in [6, 6.07) is 7.83. The monoisotopic (exact) mass is 332 g/mol. The van der Waals surface area contributed by atoms with Crippen molar-refractivity contribution in [2.45, 2.75) is 31.8 Å². The van der Waals surface area contributed by atoms with E-state index >= 15 is 0 Å². The van der Waals surface area contributed by atoms with Gasteiger partial charge < -0.3 is 10.6 Å². The Bertz CT molecular complexity index is 425. The normalized spacial score (nSPS) is 20.4. The molecule has 0 saturated carbocycles. The van der Waals surface area contributed by atoms with Crippen molar-refractivity contribution >= 4 is 34.2 Å². The fourth-order valence-electron chi connectivity index (χ4n) is 2.36. The molecule has 2 rings (SSSR count). The zero-order valence-electron chi connectivity index (χ0n) is 10.3. The highest BCUT2D eigenvalue weighted by atomic mass is 79.9. The highest BCUT2D eigenvalue weighted by Crippen LogP contribution is 2.35. The van der Waals surface area contributed by atoms with E-state index < -0.39 is 6.04 Å². The highest BCUT2D eigenvalue weighted by molar-refractivity contribution is 9.10. The molecule has 2 atom stereocenters. The van der Waals surface area contributed by atoms with Gasteiger partial charge in [-0.3, -0.25) is 4.79 Å². The van der Waals surface area contributed by atoms with Gasteiger partial charge in [-0.25, -0.2) is 0 Å². The van der Waals surface area contributed by atoms with Crippen molar-refractivity contribution in [3.8, 4) is 0 Å². The number of amides is 1. The maximum atomic E-state index is 12.0. The molecule has 0 aliphatic carbocycles. The van der Waals surface area contributed by atoms with Gasteiger partial charge in [-0.1, -0.05) is 34.1 Å². The van der Waals surface area contributed by atoms with Crippen LogP contribution in [0.1, 0.15) is 31.4 Å². The lowest BCUT2D eigenvalue weighted by Crippen LogP contribution is -2.41. The zero-order chi connectivity index (χ0) is 12.4. The first kappa shape index (κ1) is 15.5. The lowest BCUT2D eigenvalue weighted by Gasteiger charge is -2.27. The van der Waals surface area contributed by atoms with E-state index in [1.807, 2.05) is 23.1 Å². The van der Waals surface area contributed by atoms with Gasteiger partial charge in [0.05, 0.1) is 12.1 Å². The molecule has 1 saturated heterocycles. The average Bonchev–Trinajstić information content (AvgIpc) is 2.77. The molecule has 1 aromatic rings. The largest absolute Gasteiger partial charge is 0.334 e. The number of nitrogens with zero attached hydrogens (tertiary/aromatic N) is 1. The molecule has 5 heteroatoms. The summed E-state index contributed by atoms with van der Waals surface area (Å²) < 4.78 is 1.06. The van der Waals surface area contributed by atoms with Gasteiger partial charge in [0.25, 0.3) is 0 Å². The van der Waals surface area contributed by atoms with Crippen LogP contribution in [0, 0.1) is 0 Å². The van der Waals surface area contributed by atoms with Crippen LogP contribution >= 0.6 is 28.3 Å². The summed E-state index contributed by atoms with van der Waals surface area (Å²) in [7, 11) is 0. The summed E-state index contributed by atoms with van der Waals surface area (Å²) in [6.07, 6.45) is 2.06. The maximum Gasteiger partial charge on any atom is 0.239 e. The minimum Gasteiger partial charge on any atom is -0.334 e. The summed E-state index contributed by atoms with van der Waals surface area (Å²) in [5.41, 5.74) is 6.87. The quantitative estimate of drug-likeness (QED) is 0.904. The van der Waals surface area contributed by atoms with E-state index in [1.54, 1.807) is 6.92 Å². The number of carbonyl (C=O) groups excluding carboxylic acids is 1. The predicted octanol–water partition coefficient (Wildman–Crippen LogP) is 2.88. The van der Waals surface area contributed by atoms with Gasteiger partial charge >= 0.3 is 0 Å². The Balaban J connectivity index is 0.00000162. The van der Waals surface area contributed by atoms with Crippen LogP contribution in [-0.4, -0.2) is 23.4 Å². The first-order chi connectivity index (χ1) is 8.11. The number of rotatable bonds is 2. The summed E-state index contributed by atoms with van der Waals surface area (Å²) in [5, 5.41) is 0. The first-order valence-corrected chi connectivity index (χ1v) is 6.71. The van der Waals surface area contributed by atoms with Crippen LogP contribution in [0.25, 0.3) is 0 Å². The molecule has 3 nitrogen and oxygen atoms in total. The van der Waals surface area contributed by atoms with Gasteiger partial charge in [0.1, 0.15) is 0 Å². The van der Waals surface area contributed by atoms with E-state index in [9.17, 15) is 4.79 Å². The molecular formula is C13H18BrClN2O. The van der Waals surface area contributed by atoms with E-state index in [1.165, 1.54) is 5.56 Å². The van der Waals surface area contributed by atoms with Crippen molar-refractivity contribution in [2.24, 2.45) is 5.73 Å². The molecule has 100 valence electrons. The van der Waals surface area contributed by atoms with Crippen LogP contribution < -0.4 is 5.73 Å². The van der Waals surface area contributed by atoms with Crippen molar-refractivity contribution in [1.82, 2.24) is 4.90 Å². The van der Waals surface area contributed by atoms with E-state index in [0.29, 0.717) is 0 Å². The Morgan fingerprint density at radius 2 is 2.17 bits per heavy atom. The number of likely N-dealkylation sites (tertiary alicyclic amines) is 1. The lowest BCUT2D eigenvalue weighted by molar-refractivity contribution is -0.133. The van der Waals surface area contributed by atoms with Crippen LogP contribution in [0.15, 0.2) is 28.7 Å². The number of hydrogen-bond donors (Lipinski definition) is 1. The number of carbonyl (C=O) groups is 1. The number of nitrogens with two attached hydrogens (primary N) is 1. The zero-order valence-corrected chi connectivity index (χ0v) is 12.7. The standard InChI is InChI=1S/C13H17BrN2O.ClH/c1-9(15)13(17)16-8-4-7-12(16)10-5-2-3-6-11(10)14;/h2-3,5-6,9,12H,4,7-8,15H2,1H3;1H/t9-,12?;/m1./s1. The highest BCUT2D eigenvalue weighted by Gasteiger charge is 2.32. The van der Waals surface area contributed by atoms with Gasteiger partial charge in [0, 0.05) is 11.0 Å². The lowest BCUT2D eigenvalue weighted by atomic mass is 10.0. The van der Waals surface area contributed by atoms with Crippen molar-refractivity contribution in [3.05, 3.63) is 34.3 Å². The SMILES string of the molecule is C[C@@H](N)C(=O)N1CCCC1c1ccccc1Br.Cl. The average molecular weight is 334 g/mol. The van der Waals surface area contributed by atoms with Crippen LogP contribution in [0.2, 0.25) is 0 Å². The van der Waals surface area contributed by atoms with Gasteiger partial charge in [0.2, 0.25) is 5.91 Å². The smallest absolute Gasteiger partial charge is 0.239 e. The molecule has 1 amide bonds. The van der Waals surface area contributed by atoms with Crippen molar-refractivity contribution in [3.63, 3.8) is 0 Å². The third-order valence-electron chi connectivity index (χ3n) is 3.19. The number of halogens is 2. The maximum absolute atomic E-state index is 12.0. The molecule has 0 aromatic heterocycles. The predicted molar refractivity (Wildman–Crippen MR) is 78.7 cm³/mol. The summed E-state index contributed by atoms with van der Waals surface area (Å²) in [4.78, 5) is 13.9. The molecule has 0 radical (unpaired) electrons.